The number of rotatable bonds is 3. The van der Waals surface area contributed by atoms with Gasteiger partial charge in [-0.1, -0.05) is 0 Å². The van der Waals surface area contributed by atoms with Crippen LogP contribution in [0.5, 0.6) is 5.75 Å². The molecule has 4 aromatic rings. The second-order valence-corrected chi connectivity index (χ2v) is 7.87. The minimum absolute atomic E-state index is 0.488. The standard InChI is InChI=1S/C19H17N9OS/c1-26-6-7-29-14-8-12(9-21-17(14)26)16-18-23-19(25-28(18)5-3-20-16)24-27-4-2-15-13(11-27)10-22-30-15/h2-3,5,8-11H,4,6-7H2,1H3,(H,24,25). The lowest BCUT2D eigenvalue weighted by molar-refractivity contribution is 0.309. The summed E-state index contributed by atoms with van der Waals surface area (Å²) in [6.07, 6.45) is 11.3. The van der Waals surface area contributed by atoms with Crippen molar-refractivity contribution in [1.29, 1.82) is 0 Å². The smallest absolute Gasteiger partial charge is 0.261 e. The van der Waals surface area contributed by atoms with Gasteiger partial charge in [0.05, 0.1) is 23.8 Å². The zero-order chi connectivity index (χ0) is 20.1. The molecule has 0 saturated carbocycles. The van der Waals surface area contributed by atoms with E-state index < -0.39 is 0 Å². The maximum Gasteiger partial charge on any atom is 0.261 e. The molecule has 30 heavy (non-hydrogen) atoms. The van der Waals surface area contributed by atoms with Crippen LogP contribution in [-0.2, 0) is 0 Å². The third-order valence-corrected chi connectivity index (χ3v) is 5.86. The monoisotopic (exact) mass is 419 g/mol. The molecule has 150 valence electrons. The van der Waals surface area contributed by atoms with E-state index in [9.17, 15) is 0 Å². The second-order valence-electron chi connectivity index (χ2n) is 7.04. The first kappa shape index (κ1) is 17.2. The van der Waals surface area contributed by atoms with Gasteiger partial charge in [-0.05, 0) is 23.7 Å². The first-order valence-electron chi connectivity index (χ1n) is 9.46. The predicted octanol–water partition coefficient (Wildman–Crippen LogP) is 0.333. The van der Waals surface area contributed by atoms with Crippen molar-refractivity contribution in [3.8, 4) is 17.0 Å². The molecule has 0 spiro atoms. The van der Waals surface area contributed by atoms with Gasteiger partial charge in [-0.3, -0.25) is 15.4 Å². The van der Waals surface area contributed by atoms with Crippen LogP contribution in [0.1, 0.15) is 0 Å². The molecule has 0 saturated heterocycles. The molecule has 0 aliphatic carbocycles. The maximum absolute atomic E-state index is 5.79. The zero-order valence-corrected chi connectivity index (χ0v) is 16.9. The van der Waals surface area contributed by atoms with Crippen molar-refractivity contribution in [2.45, 2.75) is 0 Å². The molecule has 6 heterocycles. The Morgan fingerprint density at radius 2 is 2.20 bits per heavy atom. The molecule has 2 aliphatic rings. The predicted molar refractivity (Wildman–Crippen MR) is 113 cm³/mol. The minimum Gasteiger partial charge on any atom is -0.488 e. The number of aromatic nitrogens is 6. The van der Waals surface area contributed by atoms with Crippen LogP contribution in [-0.4, -0.2) is 60.7 Å². The topological polar surface area (TPSA) is 96.6 Å². The summed E-state index contributed by atoms with van der Waals surface area (Å²) >= 11 is 1.49. The molecule has 0 amide bonds. The molecular weight excluding hydrogens is 402 g/mol. The van der Waals surface area contributed by atoms with Crippen LogP contribution in [0.15, 0.2) is 30.9 Å². The molecular formula is C19H17N9OS. The Hall–Kier alpha value is -3.73. The Kier molecular flexibility index (Phi) is 3.81. The van der Waals surface area contributed by atoms with Crippen LogP contribution in [0.25, 0.3) is 29.2 Å². The summed E-state index contributed by atoms with van der Waals surface area (Å²) in [5, 5.41) is 7.55. The van der Waals surface area contributed by atoms with E-state index in [1.54, 1.807) is 23.1 Å². The van der Waals surface area contributed by atoms with Crippen LogP contribution in [0.2, 0.25) is 0 Å². The van der Waals surface area contributed by atoms with Gasteiger partial charge >= 0.3 is 0 Å². The zero-order valence-electron chi connectivity index (χ0n) is 16.1. The minimum atomic E-state index is 0.488. The molecule has 0 unspecified atom stereocenters. The van der Waals surface area contributed by atoms with E-state index in [1.165, 1.54) is 16.1 Å². The van der Waals surface area contributed by atoms with Gasteiger partial charge in [-0.2, -0.15) is 9.36 Å². The highest BCUT2D eigenvalue weighted by Crippen LogP contribution is 2.33. The Morgan fingerprint density at radius 3 is 3.17 bits per heavy atom. The summed E-state index contributed by atoms with van der Waals surface area (Å²) in [4.78, 5) is 15.8. The lowest BCUT2D eigenvalue weighted by Crippen LogP contribution is -2.35. The average molecular weight is 419 g/mol. The molecule has 1 N–H and O–H groups in total. The van der Waals surface area contributed by atoms with E-state index in [2.05, 4.69) is 40.8 Å². The van der Waals surface area contributed by atoms with E-state index in [1.807, 2.05) is 30.5 Å². The van der Waals surface area contributed by atoms with Crippen molar-refractivity contribution >= 4 is 41.2 Å². The largest absolute Gasteiger partial charge is 0.488 e. The highest BCUT2D eigenvalue weighted by molar-refractivity contribution is 7.03. The normalized spacial score (nSPS) is 15.1. The summed E-state index contributed by atoms with van der Waals surface area (Å²) in [6, 6.07) is 1.96. The number of hydrogen-bond acceptors (Lipinski definition) is 10. The fourth-order valence-electron chi connectivity index (χ4n) is 3.54. The van der Waals surface area contributed by atoms with Gasteiger partial charge in [0.1, 0.15) is 12.3 Å². The van der Waals surface area contributed by atoms with Crippen LogP contribution in [0, 0.1) is 0 Å². The lowest BCUT2D eigenvalue weighted by atomic mass is 10.2. The summed E-state index contributed by atoms with van der Waals surface area (Å²) < 4.78 is 12.9. The fourth-order valence-corrected chi connectivity index (χ4v) is 4.18. The van der Waals surface area contributed by atoms with Crippen molar-refractivity contribution < 1.29 is 4.74 Å². The fraction of sp³-hybridized carbons (Fsp3) is 0.211. The summed E-state index contributed by atoms with van der Waals surface area (Å²) in [5.74, 6) is 2.07. The first-order valence-corrected chi connectivity index (χ1v) is 10.2. The van der Waals surface area contributed by atoms with Gasteiger partial charge in [-0.25, -0.2) is 9.50 Å². The van der Waals surface area contributed by atoms with Crippen molar-refractivity contribution in [3.63, 3.8) is 0 Å². The van der Waals surface area contributed by atoms with Crippen molar-refractivity contribution in [2.24, 2.45) is 0 Å². The number of pyridine rings is 1. The third-order valence-electron chi connectivity index (χ3n) is 5.05. The van der Waals surface area contributed by atoms with Gasteiger partial charge in [-0.15, -0.1) is 5.10 Å². The second kappa shape index (κ2) is 6.66. The lowest BCUT2D eigenvalue weighted by Gasteiger charge is -2.26. The number of fused-ring (bicyclic) bond motifs is 3. The number of nitrogens with zero attached hydrogens (tertiary/aromatic N) is 8. The molecule has 2 aliphatic heterocycles. The number of hydrogen-bond donors (Lipinski definition) is 1. The Labute approximate surface area is 174 Å². The first-order chi connectivity index (χ1) is 14.7. The highest BCUT2D eigenvalue weighted by Gasteiger charge is 2.19. The van der Waals surface area contributed by atoms with Crippen LogP contribution in [0.3, 0.4) is 0 Å². The molecule has 4 aromatic heterocycles. The summed E-state index contributed by atoms with van der Waals surface area (Å²) in [7, 11) is 2.01. The molecule has 0 fully saturated rings. The molecule has 0 radical (unpaired) electrons. The van der Waals surface area contributed by atoms with Gasteiger partial charge in [0.15, 0.2) is 17.2 Å². The van der Waals surface area contributed by atoms with Crippen molar-refractivity contribution in [3.05, 3.63) is 40.6 Å². The van der Waals surface area contributed by atoms with Crippen LogP contribution >= 0.6 is 11.5 Å². The summed E-state index contributed by atoms with van der Waals surface area (Å²) in [5.41, 5.74) is 5.42. The third kappa shape index (κ3) is 2.82. The summed E-state index contributed by atoms with van der Waals surface area (Å²) in [6.45, 7) is 2.16. The van der Waals surface area contributed by atoms with E-state index in [0.29, 0.717) is 30.4 Å². The Morgan fingerprint density at radius 1 is 1.23 bits per heavy atom. The molecule has 0 aromatic carbocycles. The molecule has 10 nitrogen and oxygen atoms in total. The van der Waals surface area contributed by atoms with E-state index in [0.717, 1.165) is 28.9 Å². The molecule has 0 atom stereocenters. The number of likely N-dealkylation sites (N-methyl/N-ethyl adjacent to an activating group) is 1. The van der Waals surface area contributed by atoms with Gasteiger partial charge < -0.3 is 9.64 Å². The molecule has 6 rings (SSSR count). The number of hydrazine groups is 1. The van der Waals surface area contributed by atoms with E-state index in [-0.39, 0.29) is 0 Å². The Bertz CT molecular complexity index is 1380. The average Bonchev–Trinajstić information content (AvgIpc) is 3.39. The van der Waals surface area contributed by atoms with Gasteiger partial charge in [0.2, 0.25) is 0 Å². The molecule has 11 heteroatoms. The van der Waals surface area contributed by atoms with Gasteiger partial charge in [0.25, 0.3) is 5.95 Å². The van der Waals surface area contributed by atoms with E-state index >= 15 is 0 Å². The van der Waals surface area contributed by atoms with Crippen LogP contribution < -0.4 is 24.8 Å². The maximum atomic E-state index is 5.79. The van der Waals surface area contributed by atoms with Crippen molar-refractivity contribution in [2.75, 3.05) is 37.1 Å². The quantitative estimate of drug-likeness (QED) is 0.504. The SMILES string of the molecule is CN1CCOc2cc(-c3nccn4nc(NN5C=c6cnsc6=CC5)nc34)cnc21. The van der Waals surface area contributed by atoms with E-state index in [4.69, 9.17) is 4.74 Å². The number of ether oxygens (including phenoxy) is 1. The molecule has 0 bridgehead atoms. The number of nitrogens with one attached hydrogen (secondary N) is 1. The number of anilines is 2. The Balaban J connectivity index is 1.35. The van der Waals surface area contributed by atoms with Gasteiger partial charge in [0, 0.05) is 42.6 Å². The van der Waals surface area contributed by atoms with Crippen molar-refractivity contribution in [1.82, 2.24) is 33.9 Å². The highest BCUT2D eigenvalue weighted by atomic mass is 32.1. The van der Waals surface area contributed by atoms with Crippen LogP contribution in [0.4, 0.5) is 11.8 Å².